The highest BCUT2D eigenvalue weighted by Gasteiger charge is 2.29. The van der Waals surface area contributed by atoms with Crippen LogP contribution in [0.2, 0.25) is 0 Å². The van der Waals surface area contributed by atoms with E-state index in [1.54, 1.807) is 0 Å². The zero-order valence-corrected chi connectivity index (χ0v) is 17.4. The third-order valence-electron chi connectivity index (χ3n) is 6.14. The first-order valence-electron chi connectivity index (χ1n) is 10.7. The number of hydrogen-bond acceptors (Lipinski definition) is 3. The Morgan fingerprint density at radius 3 is 2.70 bits per heavy atom. The minimum atomic E-state index is -0.0664. The maximum atomic E-state index is 12.8. The van der Waals surface area contributed by atoms with Crippen molar-refractivity contribution in [2.24, 2.45) is 0 Å². The topological polar surface area (TPSA) is 54.3 Å². The van der Waals surface area contributed by atoms with Crippen LogP contribution in [0.4, 0.5) is 11.4 Å². The molecule has 4 heteroatoms. The fourth-order valence-electron chi connectivity index (χ4n) is 4.75. The third kappa shape index (κ3) is 3.22. The van der Waals surface area contributed by atoms with Gasteiger partial charge in [0.05, 0.1) is 11.6 Å². The van der Waals surface area contributed by atoms with Gasteiger partial charge >= 0.3 is 0 Å². The summed E-state index contributed by atoms with van der Waals surface area (Å²) in [6.07, 6.45) is 6.27. The monoisotopic (exact) mass is 398 g/mol. The first kappa shape index (κ1) is 18.7. The summed E-state index contributed by atoms with van der Waals surface area (Å²) in [5.41, 5.74) is 7.19. The van der Waals surface area contributed by atoms with E-state index >= 15 is 0 Å². The molecule has 2 aromatic carbocycles. The number of anilines is 2. The van der Waals surface area contributed by atoms with E-state index in [4.69, 9.17) is 4.42 Å². The van der Waals surface area contributed by atoms with Gasteiger partial charge in [-0.15, -0.1) is 0 Å². The molecule has 2 aliphatic rings. The number of rotatable bonds is 4. The molecule has 1 unspecified atom stereocenters. The number of aryl methyl sites for hydroxylation is 2. The fourth-order valence-corrected chi connectivity index (χ4v) is 4.75. The molecule has 0 bridgehead atoms. The number of carbonyl (C=O) groups is 1. The van der Waals surface area contributed by atoms with Crippen molar-refractivity contribution >= 4 is 28.9 Å². The number of benzene rings is 2. The lowest BCUT2D eigenvalue weighted by molar-refractivity contribution is -0.110. The number of hydrogen-bond donors (Lipinski definition) is 2. The predicted molar refractivity (Wildman–Crippen MR) is 122 cm³/mol. The molecule has 5 rings (SSSR count). The summed E-state index contributed by atoms with van der Waals surface area (Å²) in [7, 11) is 0. The Morgan fingerprint density at radius 1 is 1.07 bits per heavy atom. The van der Waals surface area contributed by atoms with Crippen molar-refractivity contribution in [2.75, 3.05) is 10.6 Å². The number of amides is 1. The van der Waals surface area contributed by atoms with Gasteiger partial charge < -0.3 is 15.1 Å². The lowest BCUT2D eigenvalue weighted by Crippen LogP contribution is -2.11. The number of furan rings is 1. The van der Waals surface area contributed by atoms with Crippen molar-refractivity contribution in [3.8, 4) is 0 Å². The Bertz CT molecular complexity index is 1140. The van der Waals surface area contributed by atoms with Crippen LogP contribution in [0.1, 0.15) is 59.6 Å². The van der Waals surface area contributed by atoms with E-state index in [2.05, 4.69) is 29.7 Å². The van der Waals surface area contributed by atoms with Crippen LogP contribution in [-0.2, 0) is 17.6 Å². The molecule has 152 valence electrons. The molecule has 1 aromatic heterocycles. The Labute approximate surface area is 177 Å². The molecule has 0 spiro atoms. The summed E-state index contributed by atoms with van der Waals surface area (Å²) in [4.78, 5) is 12.8. The standard InChI is InChI=1S/C26H26N2O2/c1-16-9-8-13-21-24(16)20(26(29)28-21)15-23-25(19-12-6-7-14-22(19)30-23)17(2)27-18-10-4-3-5-11-18/h3-5,8-11,13,15,17,27H,6-7,12,14H2,1-2H3,(H,28,29). The Hall–Kier alpha value is -3.27. The van der Waals surface area contributed by atoms with E-state index in [0.29, 0.717) is 5.57 Å². The second kappa shape index (κ2) is 7.52. The van der Waals surface area contributed by atoms with E-state index in [0.717, 1.165) is 53.3 Å². The van der Waals surface area contributed by atoms with Gasteiger partial charge in [-0.25, -0.2) is 0 Å². The summed E-state index contributed by atoms with van der Waals surface area (Å²) in [6.45, 7) is 4.21. The lowest BCUT2D eigenvalue weighted by Gasteiger charge is -2.18. The molecule has 30 heavy (non-hydrogen) atoms. The molecule has 2 N–H and O–H groups in total. The predicted octanol–water partition coefficient (Wildman–Crippen LogP) is 6.13. The average molecular weight is 399 g/mol. The van der Waals surface area contributed by atoms with Crippen LogP contribution in [-0.4, -0.2) is 5.91 Å². The quantitative estimate of drug-likeness (QED) is 0.520. The summed E-state index contributed by atoms with van der Waals surface area (Å²) in [5, 5.41) is 6.61. The molecule has 1 aliphatic heterocycles. The van der Waals surface area contributed by atoms with Crippen molar-refractivity contribution < 1.29 is 9.21 Å². The van der Waals surface area contributed by atoms with Crippen molar-refractivity contribution in [3.63, 3.8) is 0 Å². The molecular weight excluding hydrogens is 372 g/mol. The van der Waals surface area contributed by atoms with Gasteiger partial charge in [0.1, 0.15) is 11.5 Å². The second-order valence-electron chi connectivity index (χ2n) is 8.23. The van der Waals surface area contributed by atoms with Crippen molar-refractivity contribution in [2.45, 2.75) is 45.6 Å². The Balaban J connectivity index is 1.60. The highest BCUT2D eigenvalue weighted by atomic mass is 16.3. The first-order valence-corrected chi connectivity index (χ1v) is 10.7. The lowest BCUT2D eigenvalue weighted by atomic mass is 9.91. The van der Waals surface area contributed by atoms with E-state index in [-0.39, 0.29) is 11.9 Å². The summed E-state index contributed by atoms with van der Waals surface area (Å²) in [5.74, 6) is 1.82. The van der Waals surface area contributed by atoms with Crippen molar-refractivity contribution in [1.82, 2.24) is 0 Å². The van der Waals surface area contributed by atoms with Gasteiger partial charge in [-0.1, -0.05) is 30.3 Å². The van der Waals surface area contributed by atoms with Crippen LogP contribution in [0.3, 0.4) is 0 Å². The van der Waals surface area contributed by atoms with Crippen LogP contribution < -0.4 is 10.6 Å². The zero-order chi connectivity index (χ0) is 20.7. The summed E-state index contributed by atoms with van der Waals surface area (Å²) >= 11 is 0. The van der Waals surface area contributed by atoms with Gasteiger partial charge in [0.15, 0.2) is 0 Å². The van der Waals surface area contributed by atoms with Gasteiger partial charge in [0, 0.05) is 28.9 Å². The van der Waals surface area contributed by atoms with Gasteiger partial charge in [0.2, 0.25) is 0 Å². The Morgan fingerprint density at radius 2 is 1.87 bits per heavy atom. The molecule has 1 atom stereocenters. The third-order valence-corrected chi connectivity index (χ3v) is 6.14. The highest BCUT2D eigenvalue weighted by Crippen LogP contribution is 2.40. The highest BCUT2D eigenvalue weighted by molar-refractivity contribution is 6.35. The zero-order valence-electron chi connectivity index (χ0n) is 17.4. The van der Waals surface area contributed by atoms with Crippen molar-refractivity contribution in [3.05, 3.63) is 82.3 Å². The van der Waals surface area contributed by atoms with E-state index in [1.807, 2.05) is 49.4 Å². The van der Waals surface area contributed by atoms with E-state index in [1.165, 1.54) is 17.5 Å². The van der Waals surface area contributed by atoms with Crippen LogP contribution >= 0.6 is 0 Å². The number of nitrogens with one attached hydrogen (secondary N) is 2. The molecule has 0 fully saturated rings. The van der Waals surface area contributed by atoms with E-state index < -0.39 is 0 Å². The van der Waals surface area contributed by atoms with E-state index in [9.17, 15) is 4.79 Å². The SMILES string of the molecule is Cc1cccc2c1C(=Cc1oc3c(c1C(C)Nc1ccccc1)CCCC3)C(=O)N2. The molecule has 0 saturated carbocycles. The van der Waals surface area contributed by atoms with Crippen LogP contribution in [0, 0.1) is 6.92 Å². The summed E-state index contributed by atoms with van der Waals surface area (Å²) in [6, 6.07) is 16.3. The number of fused-ring (bicyclic) bond motifs is 2. The second-order valence-corrected chi connectivity index (χ2v) is 8.23. The molecule has 0 saturated heterocycles. The minimum absolute atomic E-state index is 0.0664. The van der Waals surface area contributed by atoms with Crippen molar-refractivity contribution in [1.29, 1.82) is 0 Å². The molecule has 4 nitrogen and oxygen atoms in total. The largest absolute Gasteiger partial charge is 0.461 e. The van der Waals surface area contributed by atoms with Crippen LogP contribution in [0.25, 0.3) is 11.6 Å². The van der Waals surface area contributed by atoms with Crippen LogP contribution in [0.5, 0.6) is 0 Å². The first-order chi connectivity index (χ1) is 14.6. The molecule has 3 aromatic rings. The normalized spacial score (nSPS) is 17.4. The van der Waals surface area contributed by atoms with Crippen LogP contribution in [0.15, 0.2) is 52.9 Å². The fraction of sp³-hybridized carbons (Fsp3) is 0.269. The maximum Gasteiger partial charge on any atom is 0.256 e. The molecule has 0 radical (unpaired) electrons. The molecule has 1 aliphatic carbocycles. The molecule has 2 heterocycles. The Kier molecular flexibility index (Phi) is 4.70. The van der Waals surface area contributed by atoms with Gasteiger partial charge in [-0.3, -0.25) is 4.79 Å². The summed E-state index contributed by atoms with van der Waals surface area (Å²) < 4.78 is 6.36. The smallest absolute Gasteiger partial charge is 0.256 e. The molecule has 1 amide bonds. The number of para-hydroxylation sites is 1. The van der Waals surface area contributed by atoms with Gasteiger partial charge in [0.25, 0.3) is 5.91 Å². The molecular formula is C26H26N2O2. The average Bonchev–Trinajstić information content (AvgIpc) is 3.27. The van der Waals surface area contributed by atoms with Gasteiger partial charge in [-0.05, 0) is 68.5 Å². The minimum Gasteiger partial charge on any atom is -0.461 e. The van der Waals surface area contributed by atoms with Gasteiger partial charge in [-0.2, -0.15) is 0 Å². The number of carbonyl (C=O) groups excluding carboxylic acids is 1. The maximum absolute atomic E-state index is 12.8.